The largest absolute Gasteiger partial charge is 0.368 e. The molecule has 2 aromatic heterocycles. The van der Waals surface area contributed by atoms with Gasteiger partial charge in [-0.2, -0.15) is 0 Å². The van der Waals surface area contributed by atoms with E-state index in [-0.39, 0.29) is 31.0 Å². The zero-order chi connectivity index (χ0) is 24.1. The van der Waals surface area contributed by atoms with Gasteiger partial charge in [0, 0.05) is 31.4 Å². The average Bonchev–Trinajstić information content (AvgIpc) is 3.15. The van der Waals surface area contributed by atoms with Gasteiger partial charge < -0.3 is 19.1 Å². The highest BCUT2D eigenvalue weighted by Crippen LogP contribution is 2.27. The van der Waals surface area contributed by atoms with Crippen LogP contribution in [0.15, 0.2) is 59.3 Å². The number of hydrogen-bond acceptors (Lipinski definition) is 6. The molecular formula is C26H30N4O4. The van der Waals surface area contributed by atoms with Crippen molar-refractivity contribution in [1.82, 2.24) is 19.9 Å². The number of ether oxygens (including phenoxy) is 1. The van der Waals surface area contributed by atoms with Crippen LogP contribution >= 0.6 is 0 Å². The summed E-state index contributed by atoms with van der Waals surface area (Å²) in [4.78, 5) is 34.5. The number of benzene rings is 1. The van der Waals surface area contributed by atoms with E-state index in [9.17, 15) is 9.59 Å². The lowest BCUT2D eigenvalue weighted by atomic mass is 10.1. The van der Waals surface area contributed by atoms with Crippen LogP contribution in [-0.2, 0) is 16.1 Å². The average molecular weight is 463 g/mol. The number of amides is 2. The Morgan fingerprint density at radius 3 is 2.62 bits per heavy atom. The first-order valence-corrected chi connectivity index (χ1v) is 11.5. The Bertz CT molecular complexity index is 1110. The van der Waals surface area contributed by atoms with Gasteiger partial charge in [-0.25, -0.2) is 0 Å². The number of aromatic nitrogens is 2. The molecule has 1 unspecified atom stereocenters. The van der Waals surface area contributed by atoms with E-state index in [1.807, 2.05) is 48.5 Å². The van der Waals surface area contributed by atoms with Crippen LogP contribution < -0.4 is 0 Å². The Labute approximate surface area is 199 Å². The summed E-state index contributed by atoms with van der Waals surface area (Å²) in [6, 6.07) is 15.1. The van der Waals surface area contributed by atoms with Crippen molar-refractivity contribution in [2.24, 2.45) is 5.92 Å². The molecule has 4 rings (SSSR count). The predicted octanol–water partition coefficient (Wildman–Crippen LogP) is 3.57. The van der Waals surface area contributed by atoms with E-state index in [4.69, 9.17) is 9.26 Å². The SMILES string of the molecule is Cc1onc(-c2ccccc2)c1C(=O)N1CC(=O)N(CC(C)C)CC(OCc2ccccn2)C1. The van der Waals surface area contributed by atoms with Crippen molar-refractivity contribution in [3.8, 4) is 11.3 Å². The molecule has 34 heavy (non-hydrogen) atoms. The van der Waals surface area contributed by atoms with Gasteiger partial charge in [0.2, 0.25) is 5.91 Å². The maximum absolute atomic E-state index is 13.7. The van der Waals surface area contributed by atoms with E-state index in [1.54, 1.807) is 22.9 Å². The summed E-state index contributed by atoms with van der Waals surface area (Å²) in [5, 5.41) is 4.14. The molecule has 0 radical (unpaired) electrons. The highest BCUT2D eigenvalue weighted by atomic mass is 16.5. The molecule has 3 aromatic rings. The van der Waals surface area contributed by atoms with Crippen molar-refractivity contribution in [3.63, 3.8) is 0 Å². The standard InChI is InChI=1S/C26H30N4O4/c1-18(2)13-29-14-22(33-17-21-11-7-8-12-27-21)15-30(16-23(29)31)26(32)24-19(3)34-28-25(24)20-9-5-4-6-10-20/h4-12,18,22H,13-17H2,1-3H3. The topological polar surface area (TPSA) is 88.8 Å². The molecule has 0 saturated carbocycles. The van der Waals surface area contributed by atoms with Gasteiger partial charge in [-0.3, -0.25) is 14.6 Å². The van der Waals surface area contributed by atoms with Crippen molar-refractivity contribution < 1.29 is 18.8 Å². The van der Waals surface area contributed by atoms with Crippen LogP contribution in [0.25, 0.3) is 11.3 Å². The van der Waals surface area contributed by atoms with E-state index in [2.05, 4.69) is 24.0 Å². The fourth-order valence-corrected chi connectivity index (χ4v) is 4.12. The summed E-state index contributed by atoms with van der Waals surface area (Å²) < 4.78 is 11.6. The van der Waals surface area contributed by atoms with Gasteiger partial charge in [-0.15, -0.1) is 0 Å². The molecule has 1 saturated heterocycles. The van der Waals surface area contributed by atoms with Crippen molar-refractivity contribution in [1.29, 1.82) is 0 Å². The number of aryl methyl sites for hydroxylation is 1. The normalized spacial score (nSPS) is 16.7. The molecule has 1 fully saturated rings. The number of rotatable bonds is 7. The maximum Gasteiger partial charge on any atom is 0.260 e. The number of pyridine rings is 1. The van der Waals surface area contributed by atoms with Crippen LogP contribution in [0.3, 0.4) is 0 Å². The summed E-state index contributed by atoms with van der Waals surface area (Å²) in [7, 11) is 0. The van der Waals surface area contributed by atoms with Gasteiger partial charge in [-0.1, -0.05) is 55.4 Å². The summed E-state index contributed by atoms with van der Waals surface area (Å²) in [6.07, 6.45) is 1.37. The monoisotopic (exact) mass is 462 g/mol. The van der Waals surface area contributed by atoms with Crippen LogP contribution in [0.2, 0.25) is 0 Å². The van der Waals surface area contributed by atoms with Crippen LogP contribution in [0.4, 0.5) is 0 Å². The number of carbonyl (C=O) groups is 2. The van der Waals surface area contributed by atoms with Crippen molar-refractivity contribution in [2.75, 3.05) is 26.2 Å². The van der Waals surface area contributed by atoms with Gasteiger partial charge >= 0.3 is 0 Å². The Hall–Kier alpha value is -3.52. The van der Waals surface area contributed by atoms with E-state index in [0.717, 1.165) is 11.3 Å². The lowest BCUT2D eigenvalue weighted by Crippen LogP contribution is -2.40. The number of nitrogens with zero attached hydrogens (tertiary/aromatic N) is 4. The summed E-state index contributed by atoms with van der Waals surface area (Å²) in [5.41, 5.74) is 2.44. The lowest BCUT2D eigenvalue weighted by molar-refractivity contribution is -0.132. The van der Waals surface area contributed by atoms with Crippen molar-refractivity contribution >= 4 is 11.8 Å². The minimum absolute atomic E-state index is 0.0200. The fraction of sp³-hybridized carbons (Fsp3) is 0.385. The molecule has 8 nitrogen and oxygen atoms in total. The Morgan fingerprint density at radius 2 is 1.91 bits per heavy atom. The Kier molecular flexibility index (Phi) is 7.37. The highest BCUT2D eigenvalue weighted by Gasteiger charge is 2.34. The smallest absolute Gasteiger partial charge is 0.260 e. The van der Waals surface area contributed by atoms with E-state index >= 15 is 0 Å². The van der Waals surface area contributed by atoms with Crippen molar-refractivity contribution in [2.45, 2.75) is 33.5 Å². The number of carbonyl (C=O) groups excluding carboxylic acids is 2. The summed E-state index contributed by atoms with van der Waals surface area (Å²) in [6.45, 7) is 7.44. The molecular weight excluding hydrogens is 432 g/mol. The predicted molar refractivity (Wildman–Crippen MR) is 127 cm³/mol. The third-order valence-electron chi connectivity index (χ3n) is 5.72. The van der Waals surface area contributed by atoms with Crippen LogP contribution in [-0.4, -0.2) is 64.0 Å². The van der Waals surface area contributed by atoms with Gasteiger partial charge in [0.05, 0.1) is 18.4 Å². The molecule has 0 N–H and O–H groups in total. The molecule has 1 aliphatic rings. The van der Waals surface area contributed by atoms with Gasteiger partial charge in [0.15, 0.2) is 0 Å². The van der Waals surface area contributed by atoms with Crippen molar-refractivity contribution in [3.05, 3.63) is 71.7 Å². The number of hydrogen-bond donors (Lipinski definition) is 0. The molecule has 0 spiro atoms. The van der Waals surface area contributed by atoms with E-state index in [0.29, 0.717) is 42.6 Å². The van der Waals surface area contributed by atoms with Gasteiger partial charge in [0.25, 0.3) is 5.91 Å². The molecule has 2 amide bonds. The van der Waals surface area contributed by atoms with Gasteiger partial charge in [0.1, 0.15) is 23.6 Å². The Morgan fingerprint density at radius 1 is 1.15 bits per heavy atom. The van der Waals surface area contributed by atoms with Gasteiger partial charge in [-0.05, 0) is 25.0 Å². The first kappa shape index (κ1) is 23.6. The zero-order valence-corrected chi connectivity index (χ0v) is 19.8. The molecule has 178 valence electrons. The summed E-state index contributed by atoms with van der Waals surface area (Å²) >= 11 is 0. The van der Waals surface area contributed by atoms with Crippen LogP contribution in [0, 0.1) is 12.8 Å². The maximum atomic E-state index is 13.7. The van der Waals surface area contributed by atoms with Crippen LogP contribution in [0.1, 0.15) is 35.7 Å². The molecule has 8 heteroatoms. The molecule has 0 aliphatic carbocycles. The molecule has 1 atom stereocenters. The minimum Gasteiger partial charge on any atom is -0.368 e. The second-order valence-corrected chi connectivity index (χ2v) is 8.96. The third-order valence-corrected chi connectivity index (χ3v) is 5.72. The minimum atomic E-state index is -0.350. The molecule has 0 bridgehead atoms. The third kappa shape index (κ3) is 5.51. The Balaban J connectivity index is 1.59. The second kappa shape index (κ2) is 10.6. The second-order valence-electron chi connectivity index (χ2n) is 8.96. The fourth-order valence-electron chi connectivity index (χ4n) is 4.12. The first-order valence-electron chi connectivity index (χ1n) is 11.5. The van der Waals surface area contributed by atoms with E-state index in [1.165, 1.54) is 0 Å². The summed E-state index contributed by atoms with van der Waals surface area (Å²) in [5.74, 6) is 0.336. The molecule has 3 heterocycles. The highest BCUT2D eigenvalue weighted by molar-refractivity contribution is 6.02. The van der Waals surface area contributed by atoms with E-state index < -0.39 is 0 Å². The van der Waals surface area contributed by atoms with Crippen LogP contribution in [0.5, 0.6) is 0 Å². The first-order chi connectivity index (χ1) is 16.4. The molecule has 1 aliphatic heterocycles. The lowest BCUT2D eigenvalue weighted by Gasteiger charge is -2.25. The molecule has 1 aromatic carbocycles. The zero-order valence-electron chi connectivity index (χ0n) is 19.8. The quantitative estimate of drug-likeness (QED) is 0.533.